The minimum Gasteiger partial charge on any atom is -0.478 e. The molecule has 0 saturated heterocycles. The number of para-hydroxylation sites is 1. The molecule has 0 amide bonds. The Balaban J connectivity index is 2.48. The van der Waals surface area contributed by atoms with Gasteiger partial charge < -0.3 is 14.4 Å². The summed E-state index contributed by atoms with van der Waals surface area (Å²) in [6.45, 7) is 0. The second-order valence-electron chi connectivity index (χ2n) is 3.31. The van der Waals surface area contributed by atoms with E-state index < -0.39 is 5.97 Å². The Labute approximate surface area is 85.0 Å². The third-order valence-electron chi connectivity index (χ3n) is 2.46. The molecule has 2 heterocycles. The first-order valence-electron chi connectivity index (χ1n) is 4.47. The van der Waals surface area contributed by atoms with Crippen LogP contribution in [0.15, 0.2) is 30.7 Å². The molecule has 4 nitrogen and oxygen atoms in total. The molecule has 2 aromatic rings. The van der Waals surface area contributed by atoms with Crippen molar-refractivity contribution in [3.8, 4) is 5.75 Å². The molecule has 1 aromatic heterocycles. The lowest BCUT2D eigenvalue weighted by Crippen LogP contribution is -1.94. The van der Waals surface area contributed by atoms with Crippen LogP contribution >= 0.6 is 0 Å². The van der Waals surface area contributed by atoms with Crippen LogP contribution in [0.5, 0.6) is 5.75 Å². The topological polar surface area (TPSA) is 51.5 Å². The van der Waals surface area contributed by atoms with Crippen molar-refractivity contribution in [2.24, 2.45) is 0 Å². The van der Waals surface area contributed by atoms with E-state index in [1.165, 1.54) is 6.26 Å². The largest absolute Gasteiger partial charge is 0.478 e. The van der Waals surface area contributed by atoms with Gasteiger partial charge in [0.25, 0.3) is 0 Å². The number of hydrogen-bond donors (Lipinski definition) is 1. The number of aromatic carboxylic acids is 1. The second-order valence-corrected chi connectivity index (χ2v) is 3.31. The Morgan fingerprint density at radius 2 is 2.27 bits per heavy atom. The van der Waals surface area contributed by atoms with Crippen LogP contribution in [-0.4, -0.2) is 15.6 Å². The Morgan fingerprint density at radius 3 is 3.07 bits per heavy atom. The molecule has 0 saturated carbocycles. The molecule has 0 unspecified atom stereocenters. The van der Waals surface area contributed by atoms with Gasteiger partial charge >= 0.3 is 5.97 Å². The number of rotatable bonds is 1. The van der Waals surface area contributed by atoms with Gasteiger partial charge in [0, 0.05) is 17.8 Å². The fraction of sp³-hybridized carbons (Fsp3) is 0. The highest BCUT2D eigenvalue weighted by Gasteiger charge is 2.17. The van der Waals surface area contributed by atoms with Gasteiger partial charge in [-0.15, -0.1) is 0 Å². The van der Waals surface area contributed by atoms with Crippen molar-refractivity contribution in [1.29, 1.82) is 0 Å². The van der Waals surface area contributed by atoms with Crippen LogP contribution in [0.2, 0.25) is 0 Å². The van der Waals surface area contributed by atoms with Gasteiger partial charge in [-0.25, -0.2) is 4.79 Å². The van der Waals surface area contributed by atoms with Gasteiger partial charge in [0.2, 0.25) is 0 Å². The predicted molar refractivity (Wildman–Crippen MR) is 54.9 cm³/mol. The summed E-state index contributed by atoms with van der Waals surface area (Å²) in [7, 11) is 0. The average Bonchev–Trinajstić information content (AvgIpc) is 2.61. The Kier molecular flexibility index (Phi) is 1.42. The molecule has 4 heteroatoms. The first-order chi connectivity index (χ1) is 7.27. The number of nitrogens with zero attached hydrogens (tertiary/aromatic N) is 1. The van der Waals surface area contributed by atoms with Crippen LogP contribution in [0.4, 0.5) is 0 Å². The minimum absolute atomic E-state index is 0.294. The van der Waals surface area contributed by atoms with Crippen LogP contribution in [0.25, 0.3) is 17.1 Å². The first-order valence-corrected chi connectivity index (χ1v) is 4.47. The zero-order chi connectivity index (χ0) is 10.4. The normalized spacial score (nSPS) is 12.8. The van der Waals surface area contributed by atoms with E-state index in [-0.39, 0.29) is 0 Å². The third-order valence-corrected chi connectivity index (χ3v) is 2.46. The summed E-state index contributed by atoms with van der Waals surface area (Å²) in [6, 6.07) is 5.38. The highest BCUT2D eigenvalue weighted by atomic mass is 16.5. The number of carboxylic acid groups (broad SMARTS) is 1. The van der Waals surface area contributed by atoms with Gasteiger partial charge in [0.1, 0.15) is 6.26 Å². The molecule has 0 fully saturated rings. The number of carboxylic acids is 1. The quantitative estimate of drug-likeness (QED) is 0.769. The molecule has 1 aliphatic heterocycles. The standard InChI is InChI=1S/C11H7NO3/c13-11(14)8-6-12-4-5-15-9-3-1-2-7(8)10(9)12/h1-6H,(H,13,14). The summed E-state index contributed by atoms with van der Waals surface area (Å²) in [5, 5.41) is 9.72. The molecular weight excluding hydrogens is 194 g/mol. The maximum absolute atomic E-state index is 11.0. The van der Waals surface area contributed by atoms with Crippen molar-refractivity contribution in [3.05, 3.63) is 36.2 Å². The van der Waals surface area contributed by atoms with Gasteiger partial charge in [-0.05, 0) is 6.07 Å². The molecule has 1 aliphatic rings. The molecule has 0 atom stereocenters. The van der Waals surface area contributed by atoms with Crippen LogP contribution < -0.4 is 4.74 Å². The van der Waals surface area contributed by atoms with E-state index >= 15 is 0 Å². The lowest BCUT2D eigenvalue weighted by atomic mass is 10.1. The summed E-state index contributed by atoms with van der Waals surface area (Å²) >= 11 is 0. The van der Waals surface area contributed by atoms with E-state index in [0.29, 0.717) is 16.7 Å². The molecule has 1 N–H and O–H groups in total. The van der Waals surface area contributed by atoms with Crippen LogP contribution in [0.1, 0.15) is 10.4 Å². The van der Waals surface area contributed by atoms with Crippen LogP contribution in [0.3, 0.4) is 0 Å². The lowest BCUT2D eigenvalue weighted by molar-refractivity contribution is 0.0699. The molecule has 0 bridgehead atoms. The summed E-state index contributed by atoms with van der Waals surface area (Å²) in [4.78, 5) is 11.0. The van der Waals surface area contributed by atoms with Gasteiger partial charge in [-0.2, -0.15) is 0 Å². The number of hydrogen-bond acceptors (Lipinski definition) is 2. The van der Waals surface area contributed by atoms with Gasteiger partial charge in [-0.3, -0.25) is 0 Å². The molecule has 0 radical (unpaired) electrons. The van der Waals surface area contributed by atoms with Crippen LogP contribution in [-0.2, 0) is 0 Å². The Bertz CT molecular complexity index is 595. The summed E-state index contributed by atoms with van der Waals surface area (Å²) in [5.74, 6) is -0.242. The monoisotopic (exact) mass is 201 g/mol. The SMILES string of the molecule is O=C(O)c1cn2c3c(cccc13)OC=C2. The fourth-order valence-corrected chi connectivity index (χ4v) is 1.83. The van der Waals surface area contributed by atoms with Gasteiger partial charge in [0.05, 0.1) is 11.1 Å². The van der Waals surface area contributed by atoms with Gasteiger partial charge in [0.15, 0.2) is 5.75 Å². The maximum atomic E-state index is 11.0. The first kappa shape index (κ1) is 8.11. The zero-order valence-corrected chi connectivity index (χ0v) is 7.68. The lowest BCUT2D eigenvalue weighted by Gasteiger charge is -2.09. The molecule has 1 aromatic carbocycles. The van der Waals surface area contributed by atoms with E-state index in [1.807, 2.05) is 6.07 Å². The Morgan fingerprint density at radius 1 is 1.40 bits per heavy atom. The summed E-state index contributed by atoms with van der Waals surface area (Å²) in [5.41, 5.74) is 1.10. The van der Waals surface area contributed by atoms with Crippen molar-refractivity contribution in [2.45, 2.75) is 0 Å². The highest BCUT2D eigenvalue weighted by molar-refractivity contribution is 6.06. The van der Waals surface area contributed by atoms with Crippen molar-refractivity contribution in [3.63, 3.8) is 0 Å². The van der Waals surface area contributed by atoms with E-state index in [0.717, 1.165) is 5.52 Å². The van der Waals surface area contributed by atoms with Gasteiger partial charge in [-0.1, -0.05) is 12.1 Å². The zero-order valence-electron chi connectivity index (χ0n) is 7.68. The number of carbonyl (C=O) groups is 1. The smallest absolute Gasteiger partial charge is 0.337 e. The van der Waals surface area contributed by atoms with E-state index in [9.17, 15) is 4.79 Å². The van der Waals surface area contributed by atoms with E-state index in [4.69, 9.17) is 9.84 Å². The molecule has 15 heavy (non-hydrogen) atoms. The van der Waals surface area contributed by atoms with Crippen molar-refractivity contribution in [2.75, 3.05) is 0 Å². The summed E-state index contributed by atoms with van der Waals surface area (Å²) in [6.07, 6.45) is 4.82. The van der Waals surface area contributed by atoms with Crippen LogP contribution in [0, 0.1) is 0 Å². The third kappa shape index (κ3) is 0.985. The fourth-order valence-electron chi connectivity index (χ4n) is 1.83. The second kappa shape index (κ2) is 2.63. The Hall–Kier alpha value is -2.23. The van der Waals surface area contributed by atoms with Crippen molar-refractivity contribution >= 4 is 23.1 Å². The maximum Gasteiger partial charge on any atom is 0.337 e. The minimum atomic E-state index is -0.925. The van der Waals surface area contributed by atoms with Crippen molar-refractivity contribution < 1.29 is 14.6 Å². The summed E-state index contributed by atoms with van der Waals surface area (Å²) < 4.78 is 7.06. The molecule has 0 aliphatic carbocycles. The number of benzene rings is 1. The number of aromatic nitrogens is 1. The molecule has 74 valence electrons. The predicted octanol–water partition coefficient (Wildman–Crippen LogP) is 2.16. The number of ether oxygens (including phenoxy) is 1. The average molecular weight is 201 g/mol. The molecule has 3 rings (SSSR count). The molecular formula is C11H7NO3. The molecule has 0 spiro atoms. The van der Waals surface area contributed by atoms with E-state index in [1.54, 1.807) is 29.1 Å². The van der Waals surface area contributed by atoms with Crippen molar-refractivity contribution in [1.82, 2.24) is 4.57 Å². The van der Waals surface area contributed by atoms with E-state index in [2.05, 4.69) is 0 Å². The highest BCUT2D eigenvalue weighted by Crippen LogP contribution is 2.32.